The van der Waals surface area contributed by atoms with E-state index in [1.165, 1.54) is 6.08 Å². The van der Waals surface area contributed by atoms with E-state index in [0.717, 1.165) is 30.4 Å². The third kappa shape index (κ3) is 6.05. The molecule has 0 radical (unpaired) electrons. The van der Waals surface area contributed by atoms with Crippen molar-refractivity contribution in [2.24, 2.45) is 0 Å². The molecular weight excluding hydrogens is 345 g/mol. The minimum Gasteiger partial charge on any atom is -0.478 e. The first-order valence-corrected chi connectivity index (χ1v) is 9.57. The Morgan fingerprint density at radius 2 is 2.04 bits per heavy atom. The Morgan fingerprint density at radius 1 is 1.33 bits per heavy atom. The van der Waals surface area contributed by atoms with Crippen molar-refractivity contribution in [2.45, 2.75) is 58.4 Å². The highest BCUT2D eigenvalue weighted by molar-refractivity contribution is 5.87. The van der Waals surface area contributed by atoms with Crippen molar-refractivity contribution in [3.8, 4) is 0 Å². The van der Waals surface area contributed by atoms with Crippen LogP contribution in [0.15, 0.2) is 47.8 Å². The number of likely N-dealkylation sites (tertiary alicyclic amines) is 1. The number of carbonyl (C=O) groups is 2. The summed E-state index contributed by atoms with van der Waals surface area (Å²) in [5.41, 5.74) is 1.98. The van der Waals surface area contributed by atoms with Gasteiger partial charge < -0.3 is 10.0 Å². The van der Waals surface area contributed by atoms with Crippen LogP contribution in [0.4, 0.5) is 4.39 Å². The molecule has 2 rings (SSSR count). The number of hydrogen-bond donors (Lipinski definition) is 1. The third-order valence-corrected chi connectivity index (χ3v) is 4.99. The van der Waals surface area contributed by atoms with E-state index in [4.69, 9.17) is 5.11 Å². The lowest BCUT2D eigenvalue weighted by atomic mass is 10.1. The molecule has 0 bridgehead atoms. The maximum absolute atomic E-state index is 14.2. The van der Waals surface area contributed by atoms with Crippen LogP contribution in [0.25, 0.3) is 0 Å². The predicted octanol–water partition coefficient (Wildman–Crippen LogP) is 4.91. The molecule has 0 spiro atoms. The van der Waals surface area contributed by atoms with E-state index in [9.17, 15) is 14.0 Å². The summed E-state index contributed by atoms with van der Waals surface area (Å²) >= 11 is 0. The van der Waals surface area contributed by atoms with Gasteiger partial charge in [0, 0.05) is 13.0 Å². The molecule has 1 atom stereocenters. The van der Waals surface area contributed by atoms with Crippen LogP contribution in [0.2, 0.25) is 0 Å². The number of carboxylic acids is 1. The van der Waals surface area contributed by atoms with Crippen LogP contribution in [0, 0.1) is 0 Å². The molecule has 1 aliphatic rings. The van der Waals surface area contributed by atoms with E-state index in [-0.39, 0.29) is 23.3 Å². The van der Waals surface area contributed by atoms with Gasteiger partial charge in [-0.25, -0.2) is 9.18 Å². The van der Waals surface area contributed by atoms with Gasteiger partial charge >= 0.3 is 5.97 Å². The van der Waals surface area contributed by atoms with Crippen LogP contribution in [0.3, 0.4) is 0 Å². The number of rotatable bonds is 9. The molecule has 1 N–H and O–H groups in total. The molecule has 4 nitrogen and oxygen atoms in total. The van der Waals surface area contributed by atoms with Crippen molar-refractivity contribution >= 4 is 11.9 Å². The van der Waals surface area contributed by atoms with Crippen LogP contribution < -0.4 is 0 Å². The Kier molecular flexibility index (Phi) is 7.77. The molecule has 0 aliphatic carbocycles. The fourth-order valence-corrected chi connectivity index (χ4v) is 3.21. The maximum Gasteiger partial charge on any atom is 0.335 e. The SMILES string of the molecule is CCCC/C(C)=C(F)/C=C/[C@H]1CCC(=O)N1CCc1ccc(C(=O)O)cc1. The highest BCUT2D eigenvalue weighted by atomic mass is 19.1. The summed E-state index contributed by atoms with van der Waals surface area (Å²) in [5.74, 6) is -1.07. The van der Waals surface area contributed by atoms with Gasteiger partial charge in [0.1, 0.15) is 5.83 Å². The number of amides is 1. The lowest BCUT2D eigenvalue weighted by Crippen LogP contribution is -2.33. The van der Waals surface area contributed by atoms with E-state index in [1.807, 2.05) is 6.92 Å². The molecule has 1 saturated heterocycles. The van der Waals surface area contributed by atoms with Gasteiger partial charge in [0.05, 0.1) is 11.6 Å². The summed E-state index contributed by atoms with van der Waals surface area (Å²) in [5, 5.41) is 8.94. The second-order valence-corrected chi connectivity index (χ2v) is 7.04. The minimum atomic E-state index is -0.953. The number of nitrogens with zero attached hydrogens (tertiary/aromatic N) is 1. The number of allylic oxidation sites excluding steroid dienone is 3. The number of carbonyl (C=O) groups excluding carboxylic acids is 1. The molecule has 146 valence electrons. The summed E-state index contributed by atoms with van der Waals surface area (Å²) in [6, 6.07) is 6.60. The first kappa shape index (κ1) is 20.9. The number of hydrogen-bond acceptors (Lipinski definition) is 2. The standard InChI is InChI=1S/C22H28FNO3/c1-3-4-5-16(2)20(23)12-10-19-11-13-21(25)24(19)15-14-17-6-8-18(9-7-17)22(26)27/h6-10,12,19H,3-5,11,13-15H2,1-2H3,(H,26,27)/b12-10+,20-16-/t19-/m0/s1. The number of aromatic carboxylic acids is 1. The van der Waals surface area contributed by atoms with Crippen molar-refractivity contribution in [1.82, 2.24) is 4.90 Å². The lowest BCUT2D eigenvalue weighted by Gasteiger charge is -2.22. The van der Waals surface area contributed by atoms with E-state index in [0.29, 0.717) is 25.8 Å². The quantitative estimate of drug-likeness (QED) is 0.626. The second-order valence-electron chi connectivity index (χ2n) is 7.04. The largest absolute Gasteiger partial charge is 0.478 e. The smallest absolute Gasteiger partial charge is 0.335 e. The van der Waals surface area contributed by atoms with Crippen LogP contribution >= 0.6 is 0 Å². The fraction of sp³-hybridized carbons (Fsp3) is 0.455. The summed E-state index contributed by atoms with van der Waals surface area (Å²) in [4.78, 5) is 24.9. The Balaban J connectivity index is 1.97. The average molecular weight is 373 g/mol. The van der Waals surface area contributed by atoms with Gasteiger partial charge in [-0.1, -0.05) is 31.6 Å². The topological polar surface area (TPSA) is 57.6 Å². The Hall–Kier alpha value is -2.43. The van der Waals surface area contributed by atoms with E-state index in [2.05, 4.69) is 6.92 Å². The Morgan fingerprint density at radius 3 is 2.67 bits per heavy atom. The molecule has 1 fully saturated rings. The summed E-state index contributed by atoms with van der Waals surface area (Å²) < 4.78 is 14.2. The number of benzene rings is 1. The molecule has 0 unspecified atom stereocenters. The minimum absolute atomic E-state index is 0.0823. The Bertz CT molecular complexity index is 722. The highest BCUT2D eigenvalue weighted by Gasteiger charge is 2.28. The normalized spacial score (nSPS) is 18.3. The van der Waals surface area contributed by atoms with Gasteiger partial charge in [0.2, 0.25) is 5.91 Å². The van der Waals surface area contributed by atoms with Crippen molar-refractivity contribution in [1.29, 1.82) is 0 Å². The zero-order valence-corrected chi connectivity index (χ0v) is 16.1. The lowest BCUT2D eigenvalue weighted by molar-refractivity contribution is -0.128. The van der Waals surface area contributed by atoms with E-state index in [1.54, 1.807) is 35.2 Å². The van der Waals surface area contributed by atoms with Gasteiger partial charge in [-0.2, -0.15) is 0 Å². The number of halogens is 1. The maximum atomic E-state index is 14.2. The molecule has 0 aromatic heterocycles. The first-order valence-electron chi connectivity index (χ1n) is 9.57. The van der Waals surface area contributed by atoms with Crippen LogP contribution in [0.1, 0.15) is 61.9 Å². The summed E-state index contributed by atoms with van der Waals surface area (Å²) in [7, 11) is 0. The highest BCUT2D eigenvalue weighted by Crippen LogP contribution is 2.22. The van der Waals surface area contributed by atoms with Crippen LogP contribution in [-0.2, 0) is 11.2 Å². The molecule has 1 heterocycles. The zero-order valence-electron chi connectivity index (χ0n) is 16.1. The zero-order chi connectivity index (χ0) is 19.8. The Labute approximate surface area is 160 Å². The molecule has 5 heteroatoms. The van der Waals surface area contributed by atoms with E-state index >= 15 is 0 Å². The predicted molar refractivity (Wildman–Crippen MR) is 104 cm³/mol. The van der Waals surface area contributed by atoms with Gasteiger partial charge in [-0.05, 0) is 62.0 Å². The third-order valence-electron chi connectivity index (χ3n) is 4.99. The van der Waals surface area contributed by atoms with Crippen molar-refractivity contribution in [3.05, 3.63) is 58.9 Å². The monoisotopic (exact) mass is 373 g/mol. The fourth-order valence-electron chi connectivity index (χ4n) is 3.21. The van der Waals surface area contributed by atoms with Crippen molar-refractivity contribution in [3.63, 3.8) is 0 Å². The molecule has 0 saturated carbocycles. The van der Waals surface area contributed by atoms with Gasteiger partial charge in [-0.3, -0.25) is 4.79 Å². The molecule has 1 aromatic carbocycles. The molecule has 1 aromatic rings. The van der Waals surface area contributed by atoms with E-state index < -0.39 is 5.97 Å². The van der Waals surface area contributed by atoms with Crippen molar-refractivity contribution < 1.29 is 19.1 Å². The van der Waals surface area contributed by atoms with Crippen molar-refractivity contribution in [2.75, 3.05) is 6.54 Å². The average Bonchev–Trinajstić information content (AvgIpc) is 3.02. The molecule has 1 aliphatic heterocycles. The van der Waals surface area contributed by atoms with Crippen LogP contribution in [0.5, 0.6) is 0 Å². The number of carboxylic acid groups (broad SMARTS) is 1. The second kappa shape index (κ2) is 10.0. The number of unbranched alkanes of at least 4 members (excludes halogenated alkanes) is 1. The summed E-state index contributed by atoms with van der Waals surface area (Å²) in [6.45, 7) is 4.44. The molecular formula is C22H28FNO3. The molecule has 27 heavy (non-hydrogen) atoms. The van der Waals surface area contributed by atoms with Gasteiger partial charge in [-0.15, -0.1) is 0 Å². The van der Waals surface area contributed by atoms with Crippen LogP contribution in [-0.4, -0.2) is 34.5 Å². The molecule has 1 amide bonds. The summed E-state index contributed by atoms with van der Waals surface area (Å²) in [6.07, 6.45) is 7.89. The first-order chi connectivity index (χ1) is 12.9. The van der Waals surface area contributed by atoms with Gasteiger partial charge in [0.25, 0.3) is 0 Å². The van der Waals surface area contributed by atoms with Gasteiger partial charge in [0.15, 0.2) is 0 Å².